The number of benzene rings is 1. The van der Waals surface area contributed by atoms with Crippen LogP contribution in [0.5, 0.6) is 0 Å². The number of nitrogens with one attached hydrogen (secondary N) is 1. The molecule has 1 aromatic carbocycles. The summed E-state index contributed by atoms with van der Waals surface area (Å²) in [5.74, 6) is -0.176. The van der Waals surface area contributed by atoms with Gasteiger partial charge in [0.1, 0.15) is 5.82 Å². The van der Waals surface area contributed by atoms with E-state index in [1.165, 1.54) is 18.9 Å². The van der Waals surface area contributed by atoms with Gasteiger partial charge in [0.05, 0.1) is 6.61 Å². The standard InChI is InChI=1S/C16H22FNO/c17-15-4-2-1-3-14(15)16(11-19)9-7-13(8-10-16)18-12-5-6-12/h1-4,12-13,18-19H,5-11H2. The molecule has 2 nitrogen and oxygen atoms in total. The normalized spacial score (nSPS) is 31.4. The van der Waals surface area contributed by atoms with Crippen molar-refractivity contribution in [2.24, 2.45) is 0 Å². The summed E-state index contributed by atoms with van der Waals surface area (Å²) in [6, 6.07) is 8.19. The molecular formula is C16H22FNO. The number of aliphatic hydroxyl groups is 1. The number of hydrogen-bond acceptors (Lipinski definition) is 2. The van der Waals surface area contributed by atoms with Gasteiger partial charge in [0.2, 0.25) is 0 Å². The van der Waals surface area contributed by atoms with E-state index in [2.05, 4.69) is 5.32 Å². The van der Waals surface area contributed by atoms with Crippen LogP contribution in [0, 0.1) is 5.82 Å². The van der Waals surface area contributed by atoms with E-state index in [-0.39, 0.29) is 17.8 Å². The van der Waals surface area contributed by atoms with Crippen molar-refractivity contribution in [2.45, 2.75) is 56.0 Å². The lowest BCUT2D eigenvalue weighted by Gasteiger charge is -2.40. The third kappa shape index (κ3) is 2.67. The summed E-state index contributed by atoms with van der Waals surface area (Å²) >= 11 is 0. The lowest BCUT2D eigenvalue weighted by atomic mass is 9.68. The molecule has 0 heterocycles. The van der Waals surface area contributed by atoms with E-state index in [0.29, 0.717) is 11.6 Å². The maximum Gasteiger partial charge on any atom is 0.127 e. The Balaban J connectivity index is 1.72. The maximum atomic E-state index is 14.0. The summed E-state index contributed by atoms with van der Waals surface area (Å²) in [6.45, 7) is 0.0457. The number of rotatable bonds is 4. The minimum atomic E-state index is -0.368. The maximum absolute atomic E-state index is 14.0. The summed E-state index contributed by atoms with van der Waals surface area (Å²) in [5, 5.41) is 13.5. The van der Waals surface area contributed by atoms with E-state index >= 15 is 0 Å². The molecule has 3 rings (SSSR count). The monoisotopic (exact) mass is 263 g/mol. The molecule has 104 valence electrons. The van der Waals surface area contributed by atoms with Gasteiger partial charge in [0.15, 0.2) is 0 Å². The Kier molecular flexibility index (Phi) is 3.59. The summed E-state index contributed by atoms with van der Waals surface area (Å²) in [7, 11) is 0. The molecule has 3 heteroatoms. The van der Waals surface area contributed by atoms with E-state index < -0.39 is 0 Å². The highest BCUT2D eigenvalue weighted by Crippen LogP contribution is 2.40. The van der Waals surface area contributed by atoms with Gasteiger partial charge in [-0.15, -0.1) is 0 Å². The molecule has 0 amide bonds. The molecule has 2 saturated carbocycles. The molecule has 2 N–H and O–H groups in total. The first-order valence-electron chi connectivity index (χ1n) is 7.35. The van der Waals surface area contributed by atoms with Crippen LogP contribution in [0.2, 0.25) is 0 Å². The fourth-order valence-corrected chi connectivity index (χ4v) is 3.32. The zero-order valence-corrected chi connectivity index (χ0v) is 11.2. The Labute approximate surface area is 114 Å². The molecule has 0 saturated heterocycles. The Morgan fingerprint density at radius 3 is 2.32 bits per heavy atom. The molecule has 0 atom stereocenters. The second-order valence-corrected chi connectivity index (χ2v) is 6.13. The van der Waals surface area contributed by atoms with Crippen molar-refractivity contribution in [3.8, 4) is 0 Å². The quantitative estimate of drug-likeness (QED) is 0.875. The van der Waals surface area contributed by atoms with Crippen LogP contribution < -0.4 is 5.32 Å². The smallest absolute Gasteiger partial charge is 0.127 e. The molecule has 0 aromatic heterocycles. The van der Waals surface area contributed by atoms with Gasteiger partial charge in [0.25, 0.3) is 0 Å². The Hall–Kier alpha value is -0.930. The lowest BCUT2D eigenvalue weighted by Crippen LogP contribution is -2.42. The highest BCUT2D eigenvalue weighted by atomic mass is 19.1. The van der Waals surface area contributed by atoms with E-state index in [4.69, 9.17) is 0 Å². The van der Waals surface area contributed by atoms with Gasteiger partial charge in [-0.25, -0.2) is 4.39 Å². The van der Waals surface area contributed by atoms with Crippen LogP contribution >= 0.6 is 0 Å². The van der Waals surface area contributed by atoms with E-state index in [1.54, 1.807) is 6.07 Å². The second kappa shape index (κ2) is 5.22. The van der Waals surface area contributed by atoms with Crippen molar-refractivity contribution >= 4 is 0 Å². The zero-order valence-electron chi connectivity index (χ0n) is 11.2. The van der Waals surface area contributed by atoms with Gasteiger partial charge in [-0.05, 0) is 50.2 Å². The average Bonchev–Trinajstić information content (AvgIpc) is 3.25. The van der Waals surface area contributed by atoms with Crippen LogP contribution in [0.4, 0.5) is 4.39 Å². The van der Waals surface area contributed by atoms with Gasteiger partial charge in [-0.2, -0.15) is 0 Å². The molecule has 0 spiro atoms. The van der Waals surface area contributed by atoms with Crippen molar-refractivity contribution in [3.63, 3.8) is 0 Å². The van der Waals surface area contributed by atoms with Crippen LogP contribution in [0.1, 0.15) is 44.1 Å². The van der Waals surface area contributed by atoms with Crippen LogP contribution in [-0.2, 0) is 5.41 Å². The molecule has 2 aliphatic rings. The van der Waals surface area contributed by atoms with Gasteiger partial charge in [-0.1, -0.05) is 18.2 Å². The molecule has 1 aromatic rings. The first-order chi connectivity index (χ1) is 9.23. The van der Waals surface area contributed by atoms with Gasteiger partial charge in [-0.3, -0.25) is 0 Å². The van der Waals surface area contributed by atoms with E-state index in [1.807, 2.05) is 12.1 Å². The summed E-state index contributed by atoms with van der Waals surface area (Å²) < 4.78 is 14.0. The Bertz CT molecular complexity index is 436. The fourth-order valence-electron chi connectivity index (χ4n) is 3.32. The molecule has 0 bridgehead atoms. The van der Waals surface area contributed by atoms with Crippen LogP contribution in [0.15, 0.2) is 24.3 Å². The summed E-state index contributed by atoms with van der Waals surface area (Å²) in [6.07, 6.45) is 6.41. The third-order valence-corrected chi connectivity index (χ3v) is 4.74. The fraction of sp³-hybridized carbons (Fsp3) is 0.625. The Morgan fingerprint density at radius 1 is 1.11 bits per heavy atom. The molecule has 19 heavy (non-hydrogen) atoms. The minimum Gasteiger partial charge on any atom is -0.395 e. The van der Waals surface area contributed by atoms with Crippen molar-refractivity contribution in [2.75, 3.05) is 6.61 Å². The lowest BCUT2D eigenvalue weighted by molar-refractivity contribution is 0.134. The van der Waals surface area contributed by atoms with Crippen molar-refractivity contribution in [3.05, 3.63) is 35.6 Å². The predicted molar refractivity (Wildman–Crippen MR) is 73.6 cm³/mol. The van der Waals surface area contributed by atoms with E-state index in [0.717, 1.165) is 31.7 Å². The van der Waals surface area contributed by atoms with Crippen LogP contribution in [-0.4, -0.2) is 23.8 Å². The average molecular weight is 263 g/mol. The van der Waals surface area contributed by atoms with Crippen molar-refractivity contribution in [1.29, 1.82) is 0 Å². The van der Waals surface area contributed by atoms with Crippen LogP contribution in [0.3, 0.4) is 0 Å². The SMILES string of the molecule is OCC1(c2ccccc2F)CCC(NC2CC2)CC1. The molecular weight excluding hydrogens is 241 g/mol. The van der Waals surface area contributed by atoms with Gasteiger partial charge < -0.3 is 10.4 Å². The third-order valence-electron chi connectivity index (χ3n) is 4.74. The first kappa shape index (κ1) is 13.1. The van der Waals surface area contributed by atoms with Crippen LogP contribution in [0.25, 0.3) is 0 Å². The van der Waals surface area contributed by atoms with Crippen molar-refractivity contribution in [1.82, 2.24) is 5.32 Å². The molecule has 2 fully saturated rings. The van der Waals surface area contributed by atoms with Gasteiger partial charge >= 0.3 is 0 Å². The van der Waals surface area contributed by atoms with Gasteiger partial charge in [0, 0.05) is 17.5 Å². The number of halogens is 1. The minimum absolute atomic E-state index is 0.0457. The van der Waals surface area contributed by atoms with E-state index in [9.17, 15) is 9.50 Å². The largest absolute Gasteiger partial charge is 0.395 e. The molecule has 0 unspecified atom stereocenters. The predicted octanol–water partition coefficient (Wildman–Crippen LogP) is 2.75. The highest BCUT2D eigenvalue weighted by Gasteiger charge is 2.39. The first-order valence-corrected chi connectivity index (χ1v) is 7.35. The summed E-state index contributed by atoms with van der Waals surface area (Å²) in [5.41, 5.74) is 0.329. The Morgan fingerprint density at radius 2 is 1.74 bits per heavy atom. The zero-order chi connectivity index (χ0) is 13.3. The highest BCUT2D eigenvalue weighted by molar-refractivity contribution is 5.28. The van der Waals surface area contributed by atoms with Crippen molar-refractivity contribution < 1.29 is 9.50 Å². The number of hydrogen-bond donors (Lipinski definition) is 2. The topological polar surface area (TPSA) is 32.3 Å². The molecule has 0 aliphatic heterocycles. The summed E-state index contributed by atoms with van der Waals surface area (Å²) in [4.78, 5) is 0. The number of aliphatic hydroxyl groups excluding tert-OH is 1. The molecule has 0 radical (unpaired) electrons. The molecule has 2 aliphatic carbocycles. The second-order valence-electron chi connectivity index (χ2n) is 6.13.